The highest BCUT2D eigenvalue weighted by molar-refractivity contribution is 5.93. The van der Waals surface area contributed by atoms with E-state index in [1.807, 2.05) is 18.2 Å². The van der Waals surface area contributed by atoms with Crippen molar-refractivity contribution in [2.75, 3.05) is 32.1 Å². The lowest BCUT2D eigenvalue weighted by atomic mass is 10.2. The molecule has 3 heterocycles. The van der Waals surface area contributed by atoms with E-state index >= 15 is 0 Å². The van der Waals surface area contributed by atoms with Crippen LogP contribution in [0, 0.1) is 0 Å². The molecule has 1 fully saturated rings. The first-order valence-electron chi connectivity index (χ1n) is 9.17. The van der Waals surface area contributed by atoms with Gasteiger partial charge in [0.15, 0.2) is 5.76 Å². The van der Waals surface area contributed by atoms with Gasteiger partial charge >= 0.3 is 0 Å². The maximum absolute atomic E-state index is 12.3. The van der Waals surface area contributed by atoms with Gasteiger partial charge in [0.25, 0.3) is 5.91 Å². The van der Waals surface area contributed by atoms with Crippen molar-refractivity contribution in [3.63, 3.8) is 0 Å². The van der Waals surface area contributed by atoms with Crippen molar-refractivity contribution >= 4 is 11.7 Å². The maximum atomic E-state index is 12.3. The monoisotopic (exact) mass is 357 g/mol. The number of aromatic nitrogens is 2. The van der Waals surface area contributed by atoms with Crippen molar-refractivity contribution in [3.8, 4) is 0 Å². The molecule has 0 aromatic carbocycles. The van der Waals surface area contributed by atoms with E-state index in [9.17, 15) is 4.79 Å². The van der Waals surface area contributed by atoms with E-state index in [0.29, 0.717) is 23.9 Å². The predicted molar refractivity (Wildman–Crippen MR) is 100 cm³/mol. The van der Waals surface area contributed by atoms with Crippen LogP contribution in [0.25, 0.3) is 0 Å². The summed E-state index contributed by atoms with van der Waals surface area (Å²) in [6, 6.07) is 6.08. The molecule has 1 amide bonds. The van der Waals surface area contributed by atoms with Gasteiger partial charge in [-0.25, -0.2) is 4.98 Å². The van der Waals surface area contributed by atoms with Crippen LogP contribution in [0.15, 0.2) is 28.9 Å². The van der Waals surface area contributed by atoms with Gasteiger partial charge in [-0.2, -0.15) is 0 Å². The van der Waals surface area contributed by atoms with Crippen molar-refractivity contribution in [1.82, 2.24) is 20.4 Å². The van der Waals surface area contributed by atoms with Crippen LogP contribution in [0.1, 0.15) is 41.6 Å². The highest BCUT2D eigenvalue weighted by Gasteiger charge is 2.24. The number of hydrogen-bond donors (Lipinski definition) is 1. The number of nitrogens with one attached hydrogen (secondary N) is 1. The Kier molecular flexibility index (Phi) is 5.88. The first-order chi connectivity index (χ1) is 12.6. The maximum Gasteiger partial charge on any atom is 0.253 e. The molecule has 1 saturated heterocycles. The highest BCUT2D eigenvalue weighted by Crippen LogP contribution is 2.19. The molecule has 1 N–H and O–H groups in total. The molecule has 7 nitrogen and oxygen atoms in total. The Bertz CT molecular complexity index is 728. The van der Waals surface area contributed by atoms with Crippen LogP contribution in [0.4, 0.5) is 5.82 Å². The Balaban J connectivity index is 1.54. The van der Waals surface area contributed by atoms with E-state index in [1.54, 1.807) is 6.20 Å². The molecule has 1 unspecified atom stereocenters. The third-order valence-electron chi connectivity index (χ3n) is 4.82. The Morgan fingerprint density at radius 1 is 1.46 bits per heavy atom. The van der Waals surface area contributed by atoms with Crippen LogP contribution in [0.5, 0.6) is 0 Å². The molecule has 1 aliphatic heterocycles. The Morgan fingerprint density at radius 2 is 2.31 bits per heavy atom. The summed E-state index contributed by atoms with van der Waals surface area (Å²) in [6.07, 6.45) is 4.66. The number of likely N-dealkylation sites (tertiary alicyclic amines) is 1. The smallest absolute Gasteiger partial charge is 0.253 e. The van der Waals surface area contributed by atoms with Crippen LogP contribution in [-0.2, 0) is 13.0 Å². The van der Waals surface area contributed by atoms with E-state index in [4.69, 9.17) is 4.52 Å². The minimum absolute atomic E-state index is 0.166. The fourth-order valence-electron chi connectivity index (χ4n) is 3.23. The van der Waals surface area contributed by atoms with Gasteiger partial charge in [-0.1, -0.05) is 18.5 Å². The summed E-state index contributed by atoms with van der Waals surface area (Å²) < 4.78 is 5.23. The molecule has 0 radical (unpaired) electrons. The Morgan fingerprint density at radius 3 is 2.96 bits per heavy atom. The topological polar surface area (TPSA) is 74.5 Å². The highest BCUT2D eigenvalue weighted by atomic mass is 16.5. The molecular weight excluding hydrogens is 330 g/mol. The van der Waals surface area contributed by atoms with Crippen molar-refractivity contribution in [3.05, 3.63) is 41.4 Å². The molecule has 1 aliphatic rings. The van der Waals surface area contributed by atoms with Crippen LogP contribution in [0.2, 0.25) is 0 Å². The average molecular weight is 357 g/mol. The SMILES string of the molecule is CCCc1cc(CNC(=O)c2ccc(N(C)C3CCN(C)C3)nc2)on1. The molecule has 0 spiro atoms. The number of hydrogen-bond acceptors (Lipinski definition) is 6. The fourth-order valence-corrected chi connectivity index (χ4v) is 3.23. The Labute approximate surface area is 154 Å². The van der Waals surface area contributed by atoms with Crippen LogP contribution < -0.4 is 10.2 Å². The minimum atomic E-state index is -0.166. The van der Waals surface area contributed by atoms with Gasteiger partial charge in [0.05, 0.1) is 17.8 Å². The van der Waals surface area contributed by atoms with Gasteiger partial charge in [0.1, 0.15) is 5.82 Å². The van der Waals surface area contributed by atoms with Crippen molar-refractivity contribution in [2.45, 2.75) is 38.8 Å². The summed E-state index contributed by atoms with van der Waals surface area (Å²) in [4.78, 5) is 21.3. The van der Waals surface area contributed by atoms with Crippen molar-refractivity contribution in [1.29, 1.82) is 0 Å². The number of rotatable bonds is 7. The van der Waals surface area contributed by atoms with E-state index in [1.165, 1.54) is 0 Å². The normalized spacial score (nSPS) is 17.4. The molecule has 7 heteroatoms. The number of aryl methyl sites for hydroxylation is 1. The molecule has 0 aliphatic carbocycles. The first kappa shape index (κ1) is 18.4. The summed E-state index contributed by atoms with van der Waals surface area (Å²) in [5.74, 6) is 1.39. The second-order valence-electron chi connectivity index (χ2n) is 6.94. The molecule has 3 rings (SSSR count). The number of nitrogens with zero attached hydrogens (tertiary/aromatic N) is 4. The zero-order valence-electron chi connectivity index (χ0n) is 15.7. The largest absolute Gasteiger partial charge is 0.359 e. The molecule has 1 atom stereocenters. The number of anilines is 1. The average Bonchev–Trinajstić information content (AvgIpc) is 3.28. The summed E-state index contributed by atoms with van der Waals surface area (Å²) in [5.41, 5.74) is 1.46. The van der Waals surface area contributed by atoms with Gasteiger partial charge in [-0.3, -0.25) is 4.79 Å². The molecule has 26 heavy (non-hydrogen) atoms. The van der Waals surface area contributed by atoms with Gasteiger partial charge in [0, 0.05) is 31.9 Å². The Hall–Kier alpha value is -2.41. The van der Waals surface area contributed by atoms with E-state index in [-0.39, 0.29) is 5.91 Å². The van der Waals surface area contributed by atoms with E-state index in [0.717, 1.165) is 43.9 Å². The number of carbonyl (C=O) groups is 1. The molecule has 2 aromatic heterocycles. The van der Waals surface area contributed by atoms with E-state index < -0.39 is 0 Å². The molecule has 2 aromatic rings. The number of pyridine rings is 1. The van der Waals surface area contributed by atoms with Crippen LogP contribution in [0.3, 0.4) is 0 Å². The summed E-state index contributed by atoms with van der Waals surface area (Å²) in [6.45, 7) is 4.57. The zero-order chi connectivity index (χ0) is 18.5. The lowest BCUT2D eigenvalue weighted by molar-refractivity contribution is 0.0946. The summed E-state index contributed by atoms with van der Waals surface area (Å²) in [5, 5.41) is 6.83. The van der Waals surface area contributed by atoms with Crippen LogP contribution in [-0.4, -0.2) is 54.2 Å². The predicted octanol–water partition coefficient (Wildman–Crippen LogP) is 2.09. The lowest BCUT2D eigenvalue weighted by Gasteiger charge is -2.25. The quantitative estimate of drug-likeness (QED) is 0.818. The van der Waals surface area contributed by atoms with Gasteiger partial charge in [-0.15, -0.1) is 0 Å². The summed E-state index contributed by atoms with van der Waals surface area (Å²) in [7, 11) is 4.19. The van der Waals surface area contributed by atoms with Gasteiger partial charge < -0.3 is 19.6 Å². The molecule has 0 saturated carbocycles. The first-order valence-corrected chi connectivity index (χ1v) is 9.17. The lowest BCUT2D eigenvalue weighted by Crippen LogP contribution is -2.34. The second kappa shape index (κ2) is 8.31. The molecule has 140 valence electrons. The minimum Gasteiger partial charge on any atom is -0.359 e. The summed E-state index contributed by atoms with van der Waals surface area (Å²) >= 11 is 0. The third kappa shape index (κ3) is 4.40. The number of carbonyl (C=O) groups excluding carboxylic acids is 1. The van der Waals surface area contributed by atoms with Crippen LogP contribution >= 0.6 is 0 Å². The standard InChI is InChI=1S/C19H27N5O2/c1-4-5-15-10-17(26-22-15)12-21-19(25)14-6-7-18(20-11-14)24(3)16-8-9-23(2)13-16/h6-7,10-11,16H,4-5,8-9,12-13H2,1-3H3,(H,21,25). The number of likely N-dealkylation sites (N-methyl/N-ethyl adjacent to an activating group) is 2. The van der Waals surface area contributed by atoms with Gasteiger partial charge in [0.2, 0.25) is 0 Å². The molecule has 0 bridgehead atoms. The van der Waals surface area contributed by atoms with Crippen molar-refractivity contribution in [2.24, 2.45) is 0 Å². The zero-order valence-corrected chi connectivity index (χ0v) is 15.7. The second-order valence-corrected chi connectivity index (χ2v) is 6.94. The van der Waals surface area contributed by atoms with Gasteiger partial charge in [-0.05, 0) is 38.6 Å². The van der Waals surface area contributed by atoms with Crippen molar-refractivity contribution < 1.29 is 9.32 Å². The third-order valence-corrected chi connectivity index (χ3v) is 4.82. The fraction of sp³-hybridized carbons (Fsp3) is 0.526. The van der Waals surface area contributed by atoms with E-state index in [2.05, 4.69) is 46.3 Å². The number of amides is 1. The molecular formula is C19H27N5O2.